The molecule has 5 rings (SSSR count). The highest BCUT2D eigenvalue weighted by Gasteiger charge is 2.35. The van der Waals surface area contributed by atoms with Crippen LogP contribution in [0, 0.1) is 0 Å². The fourth-order valence-electron chi connectivity index (χ4n) is 3.31. The van der Waals surface area contributed by atoms with Crippen LogP contribution < -0.4 is 0 Å². The summed E-state index contributed by atoms with van der Waals surface area (Å²) >= 11 is 0. The van der Waals surface area contributed by atoms with Gasteiger partial charge in [-0.05, 0) is 17.2 Å². The number of ether oxygens (including phenoxy) is 1. The van der Waals surface area contributed by atoms with Crippen LogP contribution in [-0.2, 0) is 4.74 Å². The van der Waals surface area contributed by atoms with Crippen molar-refractivity contribution in [3.63, 3.8) is 0 Å². The highest BCUT2D eigenvalue weighted by molar-refractivity contribution is 6.00. The molecule has 1 aliphatic heterocycles. The predicted octanol–water partition coefficient (Wildman–Crippen LogP) is 3.99. The lowest BCUT2D eigenvalue weighted by atomic mass is 9.97. The molecule has 0 bridgehead atoms. The van der Waals surface area contributed by atoms with E-state index < -0.39 is 0 Å². The second kappa shape index (κ2) is 6.11. The summed E-state index contributed by atoms with van der Waals surface area (Å²) < 4.78 is 8.05. The number of hydrogen-bond acceptors (Lipinski definition) is 4. The van der Waals surface area contributed by atoms with Crippen LogP contribution in [0.1, 0.15) is 28.8 Å². The molecule has 126 valence electrons. The summed E-state index contributed by atoms with van der Waals surface area (Å²) in [5.74, 6) is 0.585. The summed E-state index contributed by atoms with van der Waals surface area (Å²) in [6.07, 6.45) is 5.20. The Kier molecular flexibility index (Phi) is 3.49. The van der Waals surface area contributed by atoms with Gasteiger partial charge in [-0.1, -0.05) is 60.7 Å². The molecule has 3 heterocycles. The number of hydrogen-bond donors (Lipinski definition) is 0. The largest absolute Gasteiger partial charge is 0.466 e. The highest BCUT2D eigenvalue weighted by atomic mass is 16.5. The van der Waals surface area contributed by atoms with E-state index in [1.165, 1.54) is 0 Å². The van der Waals surface area contributed by atoms with E-state index in [9.17, 15) is 0 Å². The van der Waals surface area contributed by atoms with Gasteiger partial charge >= 0.3 is 0 Å². The van der Waals surface area contributed by atoms with E-state index in [1.807, 2.05) is 48.7 Å². The molecule has 0 saturated heterocycles. The van der Waals surface area contributed by atoms with Crippen molar-refractivity contribution in [3.05, 3.63) is 102 Å². The number of benzene rings is 2. The van der Waals surface area contributed by atoms with E-state index in [0.717, 1.165) is 22.3 Å². The van der Waals surface area contributed by atoms with Gasteiger partial charge in [0.25, 0.3) is 0 Å². The summed E-state index contributed by atoms with van der Waals surface area (Å²) in [5, 5.41) is 4.35. The molecule has 0 spiro atoms. The molecule has 0 amide bonds. The average Bonchev–Trinajstić information content (AvgIpc) is 3.34. The first kappa shape index (κ1) is 14.8. The van der Waals surface area contributed by atoms with Crippen molar-refractivity contribution in [3.8, 4) is 0 Å². The summed E-state index contributed by atoms with van der Waals surface area (Å²) in [4.78, 5) is 9.33. The molecule has 0 aliphatic carbocycles. The second-order valence-electron chi connectivity index (χ2n) is 6.19. The SMILES string of the molecule is c1ccc([C@H]2N=C(c3cnn4cccnc34)O[C@@H]2c2ccccc2)cc1. The fourth-order valence-corrected chi connectivity index (χ4v) is 3.31. The molecule has 1 aliphatic rings. The van der Waals surface area contributed by atoms with Crippen molar-refractivity contribution in [2.24, 2.45) is 4.99 Å². The first-order valence-corrected chi connectivity index (χ1v) is 8.53. The normalized spacial score (nSPS) is 19.3. The number of fused-ring (bicyclic) bond motifs is 1. The van der Waals surface area contributed by atoms with Crippen molar-refractivity contribution >= 4 is 11.5 Å². The number of rotatable bonds is 3. The van der Waals surface area contributed by atoms with Crippen molar-refractivity contribution in [2.75, 3.05) is 0 Å². The molecule has 5 nitrogen and oxygen atoms in total. The smallest absolute Gasteiger partial charge is 0.223 e. The Balaban J connectivity index is 1.61. The van der Waals surface area contributed by atoms with Crippen molar-refractivity contribution in [2.45, 2.75) is 12.1 Å². The lowest BCUT2D eigenvalue weighted by molar-refractivity contribution is 0.197. The topological polar surface area (TPSA) is 51.8 Å². The maximum atomic E-state index is 6.32. The first-order valence-electron chi connectivity index (χ1n) is 8.53. The Morgan fingerprint density at radius 2 is 1.58 bits per heavy atom. The zero-order valence-electron chi connectivity index (χ0n) is 13.9. The summed E-state index contributed by atoms with van der Waals surface area (Å²) in [7, 11) is 0. The predicted molar refractivity (Wildman–Crippen MR) is 99.0 cm³/mol. The third kappa shape index (κ3) is 2.45. The van der Waals surface area contributed by atoms with Crippen LogP contribution in [0.2, 0.25) is 0 Å². The maximum Gasteiger partial charge on any atom is 0.223 e. The third-order valence-electron chi connectivity index (χ3n) is 4.56. The van der Waals surface area contributed by atoms with Crippen LogP contribution in [0.3, 0.4) is 0 Å². The maximum absolute atomic E-state index is 6.32. The minimum absolute atomic E-state index is 0.104. The molecule has 0 unspecified atom stereocenters. The minimum atomic E-state index is -0.174. The monoisotopic (exact) mass is 340 g/mol. The van der Waals surface area contributed by atoms with Gasteiger partial charge in [0.2, 0.25) is 5.90 Å². The fraction of sp³-hybridized carbons (Fsp3) is 0.0952. The second-order valence-corrected chi connectivity index (χ2v) is 6.19. The molecule has 0 fully saturated rings. The molecule has 2 atom stereocenters. The van der Waals surface area contributed by atoms with E-state index >= 15 is 0 Å². The van der Waals surface area contributed by atoms with Crippen LogP contribution in [-0.4, -0.2) is 20.5 Å². The van der Waals surface area contributed by atoms with Crippen LogP contribution in [0.4, 0.5) is 0 Å². The van der Waals surface area contributed by atoms with Gasteiger partial charge in [0.1, 0.15) is 11.6 Å². The Morgan fingerprint density at radius 1 is 0.846 bits per heavy atom. The minimum Gasteiger partial charge on any atom is -0.466 e. The average molecular weight is 340 g/mol. The van der Waals surface area contributed by atoms with E-state index in [0.29, 0.717) is 5.90 Å². The molecular weight excluding hydrogens is 324 g/mol. The summed E-state index contributed by atoms with van der Waals surface area (Å²) in [5.41, 5.74) is 3.78. The third-order valence-corrected chi connectivity index (χ3v) is 4.56. The standard InChI is InChI=1S/C21H16N4O/c1-3-8-15(9-4-1)18-19(16-10-5-2-6-11-16)26-21(24-18)17-14-23-25-13-7-12-22-20(17)25/h1-14,18-19H/t18-,19-/m1/s1. The van der Waals surface area contributed by atoms with E-state index in [-0.39, 0.29) is 12.1 Å². The van der Waals surface area contributed by atoms with Crippen molar-refractivity contribution < 1.29 is 4.74 Å². The molecule has 0 saturated carbocycles. The summed E-state index contributed by atoms with van der Waals surface area (Å²) in [6.45, 7) is 0. The van der Waals surface area contributed by atoms with Crippen LogP contribution in [0.25, 0.3) is 5.65 Å². The molecule has 26 heavy (non-hydrogen) atoms. The molecule has 0 radical (unpaired) electrons. The van der Waals surface area contributed by atoms with E-state index in [4.69, 9.17) is 9.73 Å². The Morgan fingerprint density at radius 3 is 2.35 bits per heavy atom. The van der Waals surface area contributed by atoms with E-state index in [1.54, 1.807) is 16.9 Å². The van der Waals surface area contributed by atoms with Crippen molar-refractivity contribution in [1.82, 2.24) is 14.6 Å². The van der Waals surface area contributed by atoms with Crippen molar-refractivity contribution in [1.29, 1.82) is 0 Å². The van der Waals surface area contributed by atoms with Gasteiger partial charge in [0, 0.05) is 12.4 Å². The van der Waals surface area contributed by atoms with Gasteiger partial charge in [-0.15, -0.1) is 0 Å². The van der Waals surface area contributed by atoms with Crippen LogP contribution >= 0.6 is 0 Å². The lowest BCUT2D eigenvalue weighted by Gasteiger charge is -2.18. The molecule has 4 aromatic rings. The van der Waals surface area contributed by atoms with Gasteiger partial charge in [0.05, 0.1) is 6.20 Å². The number of nitrogens with zero attached hydrogens (tertiary/aromatic N) is 4. The molecule has 2 aromatic heterocycles. The molecule has 5 heteroatoms. The number of aliphatic imine (C=N–C) groups is 1. The van der Waals surface area contributed by atoms with Crippen LogP contribution in [0.5, 0.6) is 0 Å². The first-order chi connectivity index (χ1) is 12.9. The van der Waals surface area contributed by atoms with Gasteiger partial charge in [-0.3, -0.25) is 0 Å². The van der Waals surface area contributed by atoms with Gasteiger partial charge in [-0.25, -0.2) is 14.5 Å². The van der Waals surface area contributed by atoms with Gasteiger partial charge in [0.15, 0.2) is 11.8 Å². The number of aromatic nitrogens is 3. The molecule has 2 aromatic carbocycles. The van der Waals surface area contributed by atoms with Crippen LogP contribution in [0.15, 0.2) is 90.3 Å². The summed E-state index contributed by atoms with van der Waals surface area (Å²) in [6, 6.07) is 22.2. The highest BCUT2D eigenvalue weighted by Crippen LogP contribution is 2.41. The molecular formula is C21H16N4O. The lowest BCUT2D eigenvalue weighted by Crippen LogP contribution is -2.09. The Hall–Kier alpha value is -3.47. The van der Waals surface area contributed by atoms with Gasteiger partial charge in [-0.2, -0.15) is 5.10 Å². The molecule has 0 N–H and O–H groups in total. The quantitative estimate of drug-likeness (QED) is 0.567. The zero-order chi connectivity index (χ0) is 17.3. The Bertz CT molecular complexity index is 1070. The van der Waals surface area contributed by atoms with Gasteiger partial charge < -0.3 is 4.74 Å². The zero-order valence-corrected chi connectivity index (χ0v) is 13.9. The Labute approximate surface area is 150 Å². The van der Waals surface area contributed by atoms with E-state index in [2.05, 4.69) is 34.3 Å².